The highest BCUT2D eigenvalue weighted by molar-refractivity contribution is 5.79. The predicted molar refractivity (Wildman–Crippen MR) is 127 cm³/mol. The van der Waals surface area contributed by atoms with Crippen molar-refractivity contribution in [3.8, 4) is 0 Å². The normalized spacial score (nSPS) is 42.9. The standard InChI is InChI=1S/C29H48O/c1-7-21(19(2)3)9-8-20(4)25-12-13-26-24-11-10-22-18-23(30)14-16-28(22,5)27(24)15-17-29(25,26)6/h11,19-22,25-27H,7-10,12-18H2,1-6H3/t20-,21-,22+,25-,26+,27+,28+,29-/m1/s1. The van der Waals surface area contributed by atoms with Crippen molar-refractivity contribution in [2.75, 3.05) is 0 Å². The monoisotopic (exact) mass is 412 g/mol. The molecule has 4 rings (SSSR count). The van der Waals surface area contributed by atoms with Gasteiger partial charge < -0.3 is 0 Å². The third kappa shape index (κ3) is 3.65. The molecule has 3 saturated carbocycles. The summed E-state index contributed by atoms with van der Waals surface area (Å²) >= 11 is 0. The first-order chi connectivity index (χ1) is 14.2. The van der Waals surface area contributed by atoms with Gasteiger partial charge in [-0.1, -0.05) is 66.0 Å². The van der Waals surface area contributed by atoms with E-state index in [4.69, 9.17) is 0 Å². The zero-order chi connectivity index (χ0) is 21.7. The summed E-state index contributed by atoms with van der Waals surface area (Å²) in [7, 11) is 0. The summed E-state index contributed by atoms with van der Waals surface area (Å²) in [6.45, 7) is 15.0. The molecule has 0 saturated heterocycles. The minimum absolute atomic E-state index is 0.397. The van der Waals surface area contributed by atoms with Crippen molar-refractivity contribution in [1.29, 1.82) is 0 Å². The molecule has 0 N–H and O–H groups in total. The number of Topliss-reactive ketones (excluding diaryl/α,β-unsaturated/α-hetero) is 1. The topological polar surface area (TPSA) is 17.1 Å². The highest BCUT2D eigenvalue weighted by Crippen LogP contribution is 2.66. The van der Waals surface area contributed by atoms with E-state index < -0.39 is 0 Å². The molecule has 0 radical (unpaired) electrons. The van der Waals surface area contributed by atoms with Crippen LogP contribution in [0.15, 0.2) is 11.6 Å². The molecule has 1 nitrogen and oxygen atoms in total. The van der Waals surface area contributed by atoms with Crippen molar-refractivity contribution >= 4 is 5.78 Å². The Bertz CT molecular complexity index is 674. The number of carbonyl (C=O) groups excluding carboxylic acids is 1. The first-order valence-electron chi connectivity index (χ1n) is 13.4. The third-order valence-corrected chi connectivity index (χ3v) is 11.1. The van der Waals surface area contributed by atoms with Gasteiger partial charge in [-0.25, -0.2) is 0 Å². The van der Waals surface area contributed by atoms with Crippen LogP contribution in [0.25, 0.3) is 0 Å². The molecule has 0 heterocycles. The van der Waals surface area contributed by atoms with Crippen molar-refractivity contribution in [2.24, 2.45) is 52.3 Å². The van der Waals surface area contributed by atoms with E-state index in [0.29, 0.717) is 22.5 Å². The molecule has 170 valence electrons. The molecule has 0 aliphatic heterocycles. The van der Waals surface area contributed by atoms with Crippen LogP contribution in [0, 0.1) is 52.3 Å². The minimum atomic E-state index is 0.397. The van der Waals surface area contributed by atoms with Crippen LogP contribution < -0.4 is 0 Å². The van der Waals surface area contributed by atoms with E-state index >= 15 is 0 Å². The average molecular weight is 413 g/mol. The molecular weight excluding hydrogens is 364 g/mol. The fourth-order valence-electron chi connectivity index (χ4n) is 8.97. The summed E-state index contributed by atoms with van der Waals surface area (Å²) in [5.74, 6) is 6.24. The number of ketones is 1. The van der Waals surface area contributed by atoms with E-state index in [1.165, 1.54) is 51.4 Å². The Morgan fingerprint density at radius 3 is 2.43 bits per heavy atom. The van der Waals surface area contributed by atoms with Crippen LogP contribution in [-0.2, 0) is 4.79 Å². The fourth-order valence-corrected chi connectivity index (χ4v) is 8.97. The predicted octanol–water partition coefficient (Wildman–Crippen LogP) is 8.23. The number of carbonyl (C=O) groups is 1. The van der Waals surface area contributed by atoms with Gasteiger partial charge in [0.1, 0.15) is 5.78 Å². The van der Waals surface area contributed by atoms with Crippen molar-refractivity contribution in [1.82, 2.24) is 0 Å². The van der Waals surface area contributed by atoms with Gasteiger partial charge in [0, 0.05) is 12.8 Å². The maximum absolute atomic E-state index is 12.1. The molecular formula is C29H48O. The largest absolute Gasteiger partial charge is 0.300 e. The lowest BCUT2D eigenvalue weighted by molar-refractivity contribution is -0.127. The van der Waals surface area contributed by atoms with Crippen molar-refractivity contribution in [3.63, 3.8) is 0 Å². The third-order valence-electron chi connectivity index (χ3n) is 11.1. The molecule has 0 unspecified atom stereocenters. The lowest BCUT2D eigenvalue weighted by atomic mass is 9.47. The fraction of sp³-hybridized carbons (Fsp3) is 0.897. The van der Waals surface area contributed by atoms with Gasteiger partial charge in [-0.3, -0.25) is 4.79 Å². The first kappa shape index (κ1) is 22.6. The Balaban J connectivity index is 1.49. The van der Waals surface area contributed by atoms with E-state index in [1.54, 1.807) is 0 Å². The molecule has 8 atom stereocenters. The minimum Gasteiger partial charge on any atom is -0.300 e. The van der Waals surface area contributed by atoms with Gasteiger partial charge in [0.2, 0.25) is 0 Å². The Hall–Kier alpha value is -0.590. The zero-order valence-corrected chi connectivity index (χ0v) is 20.8. The maximum Gasteiger partial charge on any atom is 0.133 e. The number of hydrogen-bond acceptors (Lipinski definition) is 1. The van der Waals surface area contributed by atoms with E-state index in [1.807, 2.05) is 5.57 Å². The van der Waals surface area contributed by atoms with Gasteiger partial charge in [-0.2, -0.15) is 0 Å². The van der Waals surface area contributed by atoms with E-state index in [0.717, 1.165) is 54.8 Å². The summed E-state index contributed by atoms with van der Waals surface area (Å²) in [5, 5.41) is 0. The molecule has 0 spiro atoms. The Morgan fingerprint density at radius 2 is 1.73 bits per heavy atom. The lowest BCUT2D eigenvalue weighted by Crippen LogP contribution is -2.49. The van der Waals surface area contributed by atoms with Crippen LogP contribution in [0.2, 0.25) is 0 Å². The molecule has 3 fully saturated rings. The van der Waals surface area contributed by atoms with Gasteiger partial charge in [0.25, 0.3) is 0 Å². The highest BCUT2D eigenvalue weighted by atomic mass is 16.1. The zero-order valence-electron chi connectivity index (χ0n) is 20.8. The van der Waals surface area contributed by atoms with E-state index in [-0.39, 0.29) is 0 Å². The smallest absolute Gasteiger partial charge is 0.133 e. The molecule has 0 aromatic rings. The molecule has 0 aromatic carbocycles. The second-order valence-corrected chi connectivity index (χ2v) is 12.7. The number of hydrogen-bond donors (Lipinski definition) is 0. The summed E-state index contributed by atoms with van der Waals surface area (Å²) in [6, 6.07) is 0. The van der Waals surface area contributed by atoms with E-state index in [9.17, 15) is 4.79 Å². The average Bonchev–Trinajstić information content (AvgIpc) is 3.06. The van der Waals surface area contributed by atoms with Gasteiger partial charge in [-0.15, -0.1) is 0 Å². The molecule has 1 heteroatoms. The van der Waals surface area contributed by atoms with Crippen LogP contribution >= 0.6 is 0 Å². The van der Waals surface area contributed by atoms with Crippen molar-refractivity contribution in [2.45, 2.75) is 112 Å². The first-order valence-corrected chi connectivity index (χ1v) is 13.4. The number of rotatable bonds is 6. The highest BCUT2D eigenvalue weighted by Gasteiger charge is 2.58. The molecule has 4 aliphatic rings. The summed E-state index contributed by atoms with van der Waals surface area (Å²) < 4.78 is 0. The molecule has 0 aromatic heterocycles. The molecule has 0 amide bonds. The lowest BCUT2D eigenvalue weighted by Gasteiger charge is -2.57. The summed E-state index contributed by atoms with van der Waals surface area (Å²) in [6.07, 6.45) is 16.5. The van der Waals surface area contributed by atoms with Crippen LogP contribution in [0.4, 0.5) is 0 Å². The van der Waals surface area contributed by atoms with Crippen molar-refractivity contribution < 1.29 is 4.79 Å². The molecule has 30 heavy (non-hydrogen) atoms. The van der Waals surface area contributed by atoms with Crippen LogP contribution in [-0.4, -0.2) is 5.78 Å². The van der Waals surface area contributed by atoms with Gasteiger partial charge in [0.05, 0.1) is 0 Å². The number of allylic oxidation sites excluding steroid dienone is 2. The van der Waals surface area contributed by atoms with Gasteiger partial charge >= 0.3 is 0 Å². The van der Waals surface area contributed by atoms with Crippen LogP contribution in [0.1, 0.15) is 112 Å². The maximum atomic E-state index is 12.1. The molecule has 0 bridgehead atoms. The number of fused-ring (bicyclic) bond motifs is 5. The van der Waals surface area contributed by atoms with Crippen LogP contribution in [0.3, 0.4) is 0 Å². The molecule has 4 aliphatic carbocycles. The van der Waals surface area contributed by atoms with Gasteiger partial charge in [-0.05, 0) is 97.2 Å². The Labute approximate surface area is 186 Å². The van der Waals surface area contributed by atoms with Crippen LogP contribution in [0.5, 0.6) is 0 Å². The second kappa shape index (κ2) is 8.40. The Morgan fingerprint density at radius 1 is 1.00 bits per heavy atom. The summed E-state index contributed by atoms with van der Waals surface area (Å²) in [5.41, 5.74) is 2.77. The quantitative estimate of drug-likeness (QED) is 0.401. The SMILES string of the molecule is CC[C@H](CC[C@@H](C)[C@H]1CC[C@H]2C3=CC[C@H]4CC(=O)CC[C@]4(C)[C@H]3CC[C@]12C)C(C)C. The second-order valence-electron chi connectivity index (χ2n) is 12.7. The van der Waals surface area contributed by atoms with Gasteiger partial charge in [0.15, 0.2) is 0 Å². The Kier molecular flexibility index (Phi) is 6.33. The van der Waals surface area contributed by atoms with Crippen molar-refractivity contribution in [3.05, 3.63) is 11.6 Å². The summed E-state index contributed by atoms with van der Waals surface area (Å²) in [4.78, 5) is 12.1. The van der Waals surface area contributed by atoms with E-state index in [2.05, 4.69) is 47.6 Å².